The molecule has 0 aliphatic heterocycles. The fourth-order valence-electron chi connectivity index (χ4n) is 1.70. The number of carbonyl (C=O) groups is 1. The first-order valence-corrected chi connectivity index (χ1v) is 5.98. The molecule has 0 aromatic heterocycles. The van der Waals surface area contributed by atoms with Crippen molar-refractivity contribution in [3.05, 3.63) is 58.1 Å². The summed E-state index contributed by atoms with van der Waals surface area (Å²) >= 11 is 5.89. The Morgan fingerprint density at radius 2 is 1.78 bits per heavy atom. The topological polar surface area (TPSA) is 26.3 Å². The SMILES string of the molecule is Cc1ccc(Oc2ccc(Cl)cc2C)c(C=O)c1. The van der Waals surface area contributed by atoms with E-state index in [4.69, 9.17) is 16.3 Å². The van der Waals surface area contributed by atoms with Gasteiger partial charge in [0.05, 0.1) is 5.56 Å². The monoisotopic (exact) mass is 260 g/mol. The lowest BCUT2D eigenvalue weighted by Gasteiger charge is -2.11. The van der Waals surface area contributed by atoms with Gasteiger partial charge < -0.3 is 4.74 Å². The molecule has 18 heavy (non-hydrogen) atoms. The van der Waals surface area contributed by atoms with Crippen LogP contribution in [0.5, 0.6) is 11.5 Å². The van der Waals surface area contributed by atoms with Gasteiger partial charge in [0.25, 0.3) is 0 Å². The molecular weight excluding hydrogens is 248 g/mol. The van der Waals surface area contributed by atoms with Gasteiger partial charge in [-0.2, -0.15) is 0 Å². The van der Waals surface area contributed by atoms with Crippen molar-refractivity contribution >= 4 is 17.9 Å². The molecule has 0 saturated carbocycles. The summed E-state index contributed by atoms with van der Waals surface area (Å²) in [6, 6.07) is 10.9. The van der Waals surface area contributed by atoms with Crippen molar-refractivity contribution in [1.82, 2.24) is 0 Å². The predicted octanol–water partition coefficient (Wildman–Crippen LogP) is 4.56. The lowest BCUT2D eigenvalue weighted by Crippen LogP contribution is -1.93. The zero-order chi connectivity index (χ0) is 13.1. The minimum atomic E-state index is 0.546. The van der Waals surface area contributed by atoms with Gasteiger partial charge in [0.2, 0.25) is 0 Å². The molecule has 0 bridgehead atoms. The number of carbonyl (C=O) groups excluding carboxylic acids is 1. The molecule has 2 aromatic rings. The van der Waals surface area contributed by atoms with Crippen molar-refractivity contribution < 1.29 is 9.53 Å². The molecule has 2 rings (SSSR count). The van der Waals surface area contributed by atoms with Crippen LogP contribution in [0.1, 0.15) is 21.5 Å². The van der Waals surface area contributed by atoms with Gasteiger partial charge >= 0.3 is 0 Å². The van der Waals surface area contributed by atoms with Crippen LogP contribution in [0.3, 0.4) is 0 Å². The molecule has 0 N–H and O–H groups in total. The second-order valence-electron chi connectivity index (χ2n) is 4.17. The van der Waals surface area contributed by atoms with Crippen molar-refractivity contribution in [2.24, 2.45) is 0 Å². The molecule has 0 radical (unpaired) electrons. The third kappa shape index (κ3) is 2.71. The molecule has 0 aliphatic carbocycles. The number of aryl methyl sites for hydroxylation is 2. The second kappa shape index (κ2) is 5.23. The van der Waals surface area contributed by atoms with E-state index in [1.165, 1.54) is 0 Å². The van der Waals surface area contributed by atoms with Crippen LogP contribution in [-0.2, 0) is 0 Å². The Hall–Kier alpha value is -1.80. The van der Waals surface area contributed by atoms with Gasteiger partial charge in [0.15, 0.2) is 6.29 Å². The summed E-state index contributed by atoms with van der Waals surface area (Å²) in [5, 5.41) is 0.666. The Kier molecular flexibility index (Phi) is 3.68. The summed E-state index contributed by atoms with van der Waals surface area (Å²) in [6.07, 6.45) is 0.799. The number of halogens is 1. The highest BCUT2D eigenvalue weighted by Crippen LogP contribution is 2.29. The Morgan fingerprint density at radius 1 is 1.06 bits per heavy atom. The summed E-state index contributed by atoms with van der Waals surface area (Å²) in [6.45, 7) is 3.85. The quantitative estimate of drug-likeness (QED) is 0.756. The fourth-order valence-corrected chi connectivity index (χ4v) is 1.93. The Balaban J connectivity index is 2.36. The first-order valence-electron chi connectivity index (χ1n) is 5.60. The third-order valence-electron chi connectivity index (χ3n) is 2.65. The van der Waals surface area contributed by atoms with Crippen LogP contribution in [-0.4, -0.2) is 6.29 Å². The highest BCUT2D eigenvalue weighted by atomic mass is 35.5. The van der Waals surface area contributed by atoms with E-state index in [0.29, 0.717) is 22.1 Å². The van der Waals surface area contributed by atoms with Crippen LogP contribution in [0.25, 0.3) is 0 Å². The second-order valence-corrected chi connectivity index (χ2v) is 4.61. The van der Waals surface area contributed by atoms with Gasteiger partial charge in [-0.05, 0) is 49.7 Å². The highest BCUT2D eigenvalue weighted by molar-refractivity contribution is 6.30. The summed E-state index contributed by atoms with van der Waals surface area (Å²) in [4.78, 5) is 11.0. The van der Waals surface area contributed by atoms with E-state index in [9.17, 15) is 4.79 Å². The van der Waals surface area contributed by atoms with Gasteiger partial charge in [-0.25, -0.2) is 0 Å². The Bertz CT molecular complexity index is 591. The molecule has 2 aromatic carbocycles. The normalized spacial score (nSPS) is 10.2. The molecule has 2 nitrogen and oxygen atoms in total. The number of ether oxygens (including phenoxy) is 1. The predicted molar refractivity (Wildman–Crippen MR) is 72.8 cm³/mol. The maximum Gasteiger partial charge on any atom is 0.153 e. The van der Waals surface area contributed by atoms with Crippen LogP contribution in [0.4, 0.5) is 0 Å². The Morgan fingerprint density at radius 3 is 2.44 bits per heavy atom. The van der Waals surface area contributed by atoms with Crippen molar-refractivity contribution in [2.75, 3.05) is 0 Å². The first-order chi connectivity index (χ1) is 8.60. The molecule has 92 valence electrons. The number of rotatable bonds is 3. The molecule has 0 heterocycles. The first kappa shape index (κ1) is 12.7. The zero-order valence-electron chi connectivity index (χ0n) is 10.2. The van der Waals surface area contributed by atoms with Gasteiger partial charge in [0, 0.05) is 5.02 Å². The van der Waals surface area contributed by atoms with E-state index >= 15 is 0 Å². The molecule has 0 atom stereocenters. The van der Waals surface area contributed by atoms with Crippen molar-refractivity contribution in [1.29, 1.82) is 0 Å². The minimum absolute atomic E-state index is 0.546. The molecular formula is C15H13ClO2. The van der Waals surface area contributed by atoms with Crippen LogP contribution < -0.4 is 4.74 Å². The number of aldehydes is 1. The maximum absolute atomic E-state index is 11.0. The van der Waals surface area contributed by atoms with Crippen LogP contribution in [0, 0.1) is 13.8 Å². The van der Waals surface area contributed by atoms with Crippen LogP contribution in [0.2, 0.25) is 5.02 Å². The summed E-state index contributed by atoms with van der Waals surface area (Å²) in [5.74, 6) is 1.26. The highest BCUT2D eigenvalue weighted by Gasteiger charge is 2.07. The molecule has 0 amide bonds. The lowest BCUT2D eigenvalue weighted by atomic mass is 10.1. The Labute approximate surface area is 111 Å². The summed E-state index contributed by atoms with van der Waals surface area (Å²) in [7, 11) is 0. The number of benzene rings is 2. The summed E-state index contributed by atoms with van der Waals surface area (Å²) in [5.41, 5.74) is 2.50. The smallest absolute Gasteiger partial charge is 0.153 e. The summed E-state index contributed by atoms with van der Waals surface area (Å²) < 4.78 is 5.75. The van der Waals surface area contributed by atoms with E-state index in [0.717, 1.165) is 17.4 Å². The molecule has 0 spiro atoms. The van der Waals surface area contributed by atoms with E-state index in [1.54, 1.807) is 24.3 Å². The lowest BCUT2D eigenvalue weighted by molar-refractivity contribution is 0.112. The molecule has 0 unspecified atom stereocenters. The average Bonchev–Trinajstić information content (AvgIpc) is 2.34. The number of hydrogen-bond donors (Lipinski definition) is 0. The van der Waals surface area contributed by atoms with E-state index < -0.39 is 0 Å². The van der Waals surface area contributed by atoms with Crippen molar-refractivity contribution in [3.63, 3.8) is 0 Å². The maximum atomic E-state index is 11.0. The standard InChI is InChI=1S/C15H13ClO2/c1-10-3-5-15(12(7-10)9-17)18-14-6-4-13(16)8-11(14)2/h3-9H,1-2H3. The van der Waals surface area contributed by atoms with Crippen LogP contribution in [0.15, 0.2) is 36.4 Å². The number of hydrogen-bond acceptors (Lipinski definition) is 2. The fraction of sp³-hybridized carbons (Fsp3) is 0.133. The van der Waals surface area contributed by atoms with Gasteiger partial charge in [-0.15, -0.1) is 0 Å². The van der Waals surface area contributed by atoms with E-state index in [2.05, 4.69) is 0 Å². The van der Waals surface area contributed by atoms with Gasteiger partial charge in [0.1, 0.15) is 11.5 Å². The van der Waals surface area contributed by atoms with E-state index in [1.807, 2.05) is 26.0 Å². The van der Waals surface area contributed by atoms with Gasteiger partial charge in [-0.3, -0.25) is 4.79 Å². The molecule has 3 heteroatoms. The van der Waals surface area contributed by atoms with Gasteiger partial charge in [-0.1, -0.05) is 23.2 Å². The molecule has 0 fully saturated rings. The third-order valence-corrected chi connectivity index (χ3v) is 2.88. The van der Waals surface area contributed by atoms with Crippen molar-refractivity contribution in [3.8, 4) is 11.5 Å². The largest absolute Gasteiger partial charge is 0.456 e. The average molecular weight is 261 g/mol. The minimum Gasteiger partial charge on any atom is -0.456 e. The van der Waals surface area contributed by atoms with Crippen LogP contribution >= 0.6 is 11.6 Å². The zero-order valence-corrected chi connectivity index (χ0v) is 11.0. The van der Waals surface area contributed by atoms with Crippen molar-refractivity contribution in [2.45, 2.75) is 13.8 Å². The molecule has 0 aliphatic rings. The molecule has 0 saturated heterocycles. The van der Waals surface area contributed by atoms with E-state index in [-0.39, 0.29) is 0 Å².